The van der Waals surface area contributed by atoms with E-state index in [0.29, 0.717) is 5.13 Å². The van der Waals surface area contributed by atoms with Gasteiger partial charge in [0.15, 0.2) is 10.9 Å². The Hall–Kier alpha value is -2.93. The molecule has 3 rings (SSSR count). The first-order valence-corrected chi connectivity index (χ1v) is 9.50. The lowest BCUT2D eigenvalue weighted by molar-refractivity contribution is -0.118. The molecule has 0 aliphatic carbocycles. The molecule has 2 aromatic heterocycles. The summed E-state index contributed by atoms with van der Waals surface area (Å²) in [7, 11) is 0. The Morgan fingerprint density at radius 3 is 2.52 bits per heavy atom. The number of amides is 2. The van der Waals surface area contributed by atoms with Gasteiger partial charge in [-0.2, -0.15) is 0 Å². The van der Waals surface area contributed by atoms with Gasteiger partial charge in [-0.15, -0.1) is 11.3 Å². The highest BCUT2D eigenvalue weighted by atomic mass is 32.1. The maximum absolute atomic E-state index is 12.7. The van der Waals surface area contributed by atoms with E-state index in [0.717, 1.165) is 11.3 Å². The van der Waals surface area contributed by atoms with Crippen LogP contribution in [0.15, 0.2) is 52.5 Å². The number of thiazole rings is 1. The van der Waals surface area contributed by atoms with Crippen molar-refractivity contribution in [2.24, 2.45) is 5.92 Å². The van der Waals surface area contributed by atoms with Crippen LogP contribution in [0.25, 0.3) is 11.3 Å². The van der Waals surface area contributed by atoms with Crippen molar-refractivity contribution in [3.63, 3.8) is 0 Å². The summed E-state index contributed by atoms with van der Waals surface area (Å²) in [5, 5.41) is 7.90. The smallest absolute Gasteiger partial charge is 0.287 e. The van der Waals surface area contributed by atoms with Crippen LogP contribution in [-0.2, 0) is 4.79 Å². The summed E-state index contributed by atoms with van der Waals surface area (Å²) in [6.45, 7) is 5.76. The van der Waals surface area contributed by atoms with Crippen LogP contribution in [0, 0.1) is 12.8 Å². The van der Waals surface area contributed by atoms with Crippen molar-refractivity contribution in [1.29, 1.82) is 0 Å². The highest BCUT2D eigenvalue weighted by Crippen LogP contribution is 2.25. The Labute approximate surface area is 161 Å². The summed E-state index contributed by atoms with van der Waals surface area (Å²) in [5.41, 5.74) is 2.97. The molecule has 2 amide bonds. The minimum absolute atomic E-state index is 0.0968. The second kappa shape index (κ2) is 8.18. The molecule has 0 saturated carbocycles. The van der Waals surface area contributed by atoms with Crippen molar-refractivity contribution in [2.45, 2.75) is 26.8 Å². The molecule has 0 aliphatic heterocycles. The molecular weight excluding hydrogens is 362 g/mol. The number of anilines is 1. The Balaban J connectivity index is 1.69. The summed E-state index contributed by atoms with van der Waals surface area (Å²) in [6.07, 6.45) is 1.42. The van der Waals surface area contributed by atoms with E-state index >= 15 is 0 Å². The number of aromatic nitrogens is 1. The van der Waals surface area contributed by atoms with E-state index in [1.165, 1.54) is 23.2 Å². The van der Waals surface area contributed by atoms with Crippen LogP contribution in [0.2, 0.25) is 0 Å². The lowest BCUT2D eigenvalue weighted by Gasteiger charge is -2.20. The zero-order valence-electron chi connectivity index (χ0n) is 15.4. The molecule has 0 bridgehead atoms. The largest absolute Gasteiger partial charge is 0.459 e. The van der Waals surface area contributed by atoms with E-state index in [9.17, 15) is 9.59 Å². The summed E-state index contributed by atoms with van der Waals surface area (Å²) >= 11 is 1.35. The average molecular weight is 383 g/mol. The topological polar surface area (TPSA) is 84.2 Å². The van der Waals surface area contributed by atoms with Crippen LogP contribution in [-0.4, -0.2) is 22.8 Å². The predicted octanol–water partition coefficient (Wildman–Crippen LogP) is 4.10. The first-order chi connectivity index (χ1) is 12.9. The van der Waals surface area contributed by atoms with E-state index in [2.05, 4.69) is 15.6 Å². The monoisotopic (exact) mass is 383 g/mol. The molecule has 0 fully saturated rings. The third kappa shape index (κ3) is 4.62. The molecule has 0 radical (unpaired) electrons. The molecule has 0 saturated heterocycles. The van der Waals surface area contributed by atoms with Crippen LogP contribution in [0.5, 0.6) is 0 Å². The van der Waals surface area contributed by atoms with Gasteiger partial charge in [-0.25, -0.2) is 4.98 Å². The van der Waals surface area contributed by atoms with Crippen molar-refractivity contribution in [3.8, 4) is 11.3 Å². The summed E-state index contributed by atoms with van der Waals surface area (Å²) in [5.74, 6) is -0.659. The van der Waals surface area contributed by atoms with Gasteiger partial charge in [-0.3, -0.25) is 9.59 Å². The van der Waals surface area contributed by atoms with Gasteiger partial charge in [0.05, 0.1) is 12.0 Å². The molecule has 3 aromatic rings. The first-order valence-electron chi connectivity index (χ1n) is 8.62. The third-order valence-corrected chi connectivity index (χ3v) is 4.82. The van der Waals surface area contributed by atoms with Gasteiger partial charge in [0, 0.05) is 10.9 Å². The van der Waals surface area contributed by atoms with Crippen molar-refractivity contribution in [1.82, 2.24) is 10.3 Å². The van der Waals surface area contributed by atoms with E-state index in [1.54, 1.807) is 12.1 Å². The Morgan fingerprint density at radius 1 is 1.15 bits per heavy atom. The highest BCUT2D eigenvalue weighted by molar-refractivity contribution is 7.14. The van der Waals surface area contributed by atoms with Crippen LogP contribution in [0.3, 0.4) is 0 Å². The number of rotatable bonds is 6. The van der Waals surface area contributed by atoms with Crippen LogP contribution in [0.4, 0.5) is 5.13 Å². The number of nitrogens with zero attached hydrogens (tertiary/aromatic N) is 1. The fraction of sp³-hybridized carbons (Fsp3) is 0.250. The lowest BCUT2D eigenvalue weighted by atomic mass is 10.0. The fourth-order valence-corrected chi connectivity index (χ4v) is 3.25. The zero-order chi connectivity index (χ0) is 19.4. The number of aryl methyl sites for hydroxylation is 1. The molecular formula is C20H21N3O3S. The molecule has 2 heterocycles. The Bertz CT molecular complexity index is 914. The number of carbonyl (C=O) groups excluding carboxylic acids is 2. The SMILES string of the molecule is Cc1ccc(-c2csc(NC(=O)[C@@H](NC(=O)c3ccco3)C(C)C)n2)cc1. The third-order valence-electron chi connectivity index (χ3n) is 4.06. The van der Waals surface area contributed by atoms with Crippen LogP contribution >= 0.6 is 11.3 Å². The molecule has 140 valence electrons. The predicted molar refractivity (Wildman–Crippen MR) is 106 cm³/mol. The summed E-state index contributed by atoms with van der Waals surface area (Å²) < 4.78 is 5.08. The molecule has 0 unspecified atom stereocenters. The Kier molecular flexibility index (Phi) is 5.71. The van der Waals surface area contributed by atoms with Gasteiger partial charge in [0.25, 0.3) is 5.91 Å². The van der Waals surface area contributed by atoms with Crippen molar-refractivity contribution >= 4 is 28.3 Å². The van der Waals surface area contributed by atoms with Crippen molar-refractivity contribution < 1.29 is 14.0 Å². The quantitative estimate of drug-likeness (QED) is 0.671. The molecule has 0 spiro atoms. The maximum atomic E-state index is 12.7. The lowest BCUT2D eigenvalue weighted by Crippen LogP contribution is -2.47. The summed E-state index contributed by atoms with van der Waals surface area (Å²) in [6, 6.07) is 10.5. The Morgan fingerprint density at radius 2 is 1.89 bits per heavy atom. The molecule has 1 aromatic carbocycles. The van der Waals surface area contributed by atoms with E-state index in [1.807, 2.05) is 50.4 Å². The number of benzene rings is 1. The average Bonchev–Trinajstić information content (AvgIpc) is 3.31. The van der Waals surface area contributed by atoms with Gasteiger partial charge in [0.1, 0.15) is 6.04 Å². The number of carbonyl (C=O) groups is 2. The number of hydrogen-bond donors (Lipinski definition) is 2. The second-order valence-electron chi connectivity index (χ2n) is 6.57. The highest BCUT2D eigenvalue weighted by Gasteiger charge is 2.26. The maximum Gasteiger partial charge on any atom is 0.287 e. The number of hydrogen-bond acceptors (Lipinski definition) is 5. The van der Waals surface area contributed by atoms with Crippen molar-refractivity contribution in [3.05, 3.63) is 59.4 Å². The van der Waals surface area contributed by atoms with Gasteiger partial charge in [-0.05, 0) is 25.0 Å². The zero-order valence-corrected chi connectivity index (χ0v) is 16.2. The normalized spacial score (nSPS) is 12.0. The fourth-order valence-electron chi connectivity index (χ4n) is 2.53. The number of nitrogens with one attached hydrogen (secondary N) is 2. The molecule has 1 atom stereocenters. The standard InChI is InChI=1S/C20H21N3O3S/c1-12(2)17(22-18(24)16-5-4-10-26-16)19(25)23-20-21-15(11-27-20)14-8-6-13(3)7-9-14/h4-12,17H,1-3H3,(H,22,24)(H,21,23,25)/t17-/m0/s1. The van der Waals surface area contributed by atoms with Crippen LogP contribution < -0.4 is 10.6 Å². The van der Waals surface area contributed by atoms with E-state index in [-0.39, 0.29) is 17.6 Å². The van der Waals surface area contributed by atoms with Gasteiger partial charge < -0.3 is 15.1 Å². The van der Waals surface area contributed by atoms with Crippen molar-refractivity contribution in [2.75, 3.05) is 5.32 Å². The van der Waals surface area contributed by atoms with Gasteiger partial charge in [-0.1, -0.05) is 43.7 Å². The molecule has 6 nitrogen and oxygen atoms in total. The van der Waals surface area contributed by atoms with E-state index < -0.39 is 11.9 Å². The molecule has 2 N–H and O–H groups in total. The molecule has 0 aliphatic rings. The van der Waals surface area contributed by atoms with Gasteiger partial charge in [0.2, 0.25) is 5.91 Å². The van der Waals surface area contributed by atoms with Crippen LogP contribution in [0.1, 0.15) is 30.0 Å². The van der Waals surface area contributed by atoms with E-state index in [4.69, 9.17) is 4.42 Å². The molecule has 27 heavy (non-hydrogen) atoms. The minimum atomic E-state index is -0.700. The first kappa shape index (κ1) is 18.8. The number of furan rings is 1. The molecule has 7 heteroatoms. The van der Waals surface area contributed by atoms with Gasteiger partial charge >= 0.3 is 0 Å². The summed E-state index contributed by atoms with van der Waals surface area (Å²) in [4.78, 5) is 29.3. The second-order valence-corrected chi connectivity index (χ2v) is 7.42. The minimum Gasteiger partial charge on any atom is -0.459 e.